The van der Waals surface area contributed by atoms with Crippen molar-refractivity contribution in [3.8, 4) is 0 Å². The third-order valence-corrected chi connectivity index (χ3v) is 4.49. The molecule has 0 saturated heterocycles. The monoisotopic (exact) mass is 318 g/mol. The summed E-state index contributed by atoms with van der Waals surface area (Å²) in [5.41, 5.74) is 0. The fourth-order valence-electron chi connectivity index (χ4n) is 1.73. The Hall–Kier alpha value is -1.38. The predicted octanol–water partition coefficient (Wildman–Crippen LogP) is 1.19. The minimum Gasteiger partial charge on any atom is -0.475 e. The highest BCUT2D eigenvalue weighted by atomic mass is 32.2. The summed E-state index contributed by atoms with van der Waals surface area (Å²) < 4.78 is 31.3. The van der Waals surface area contributed by atoms with Crippen LogP contribution in [0.5, 0.6) is 0 Å². The first-order chi connectivity index (χ1) is 9.64. The summed E-state index contributed by atoms with van der Waals surface area (Å²) in [5.74, 6) is -1.53. The summed E-state index contributed by atoms with van der Waals surface area (Å²) in [7, 11) is -0.114. The summed E-state index contributed by atoms with van der Waals surface area (Å²) in [4.78, 5) is 12.7. The SMILES string of the molecule is CC(C)CN(CCN(C)C)S(=O)(=O)c1ccc(C(=O)O)o1. The first-order valence-corrected chi connectivity index (χ1v) is 8.06. The quantitative estimate of drug-likeness (QED) is 0.774. The number of aromatic carboxylic acids is 1. The summed E-state index contributed by atoms with van der Waals surface area (Å²) >= 11 is 0. The Morgan fingerprint density at radius 2 is 1.90 bits per heavy atom. The number of carboxylic acid groups (broad SMARTS) is 1. The van der Waals surface area contributed by atoms with Crippen molar-refractivity contribution < 1.29 is 22.7 Å². The largest absolute Gasteiger partial charge is 0.475 e. The number of carboxylic acids is 1. The lowest BCUT2D eigenvalue weighted by Gasteiger charge is -2.24. The van der Waals surface area contributed by atoms with Gasteiger partial charge in [-0.3, -0.25) is 0 Å². The predicted molar refractivity (Wildman–Crippen MR) is 77.8 cm³/mol. The molecule has 21 heavy (non-hydrogen) atoms. The fourth-order valence-corrected chi connectivity index (χ4v) is 3.24. The van der Waals surface area contributed by atoms with E-state index in [1.165, 1.54) is 10.4 Å². The van der Waals surface area contributed by atoms with Crippen LogP contribution in [-0.2, 0) is 10.0 Å². The first-order valence-electron chi connectivity index (χ1n) is 6.62. The second-order valence-electron chi connectivity index (χ2n) is 5.48. The summed E-state index contributed by atoms with van der Waals surface area (Å²) in [6.45, 7) is 5.07. The molecule has 1 aromatic rings. The van der Waals surface area contributed by atoms with Gasteiger partial charge in [0.25, 0.3) is 10.0 Å². The molecule has 7 nitrogen and oxygen atoms in total. The number of furan rings is 1. The number of carbonyl (C=O) groups is 1. The van der Waals surface area contributed by atoms with Crippen molar-refractivity contribution in [2.75, 3.05) is 33.7 Å². The molecule has 0 fully saturated rings. The van der Waals surface area contributed by atoms with Crippen molar-refractivity contribution in [1.29, 1.82) is 0 Å². The van der Waals surface area contributed by atoms with Crippen LogP contribution in [0.25, 0.3) is 0 Å². The van der Waals surface area contributed by atoms with Crippen LogP contribution >= 0.6 is 0 Å². The molecule has 120 valence electrons. The number of sulfonamides is 1. The van der Waals surface area contributed by atoms with E-state index in [4.69, 9.17) is 9.52 Å². The lowest BCUT2D eigenvalue weighted by Crippen LogP contribution is -2.38. The highest BCUT2D eigenvalue weighted by molar-refractivity contribution is 7.89. The van der Waals surface area contributed by atoms with Gasteiger partial charge in [-0.2, -0.15) is 4.31 Å². The average Bonchev–Trinajstić information content (AvgIpc) is 2.83. The fraction of sp³-hybridized carbons (Fsp3) is 0.615. The van der Waals surface area contributed by atoms with Crippen LogP contribution in [0.2, 0.25) is 0 Å². The zero-order chi connectivity index (χ0) is 16.2. The smallest absolute Gasteiger partial charge is 0.371 e. The highest BCUT2D eigenvalue weighted by Crippen LogP contribution is 2.20. The average molecular weight is 318 g/mol. The molecule has 0 aliphatic carbocycles. The number of hydrogen-bond donors (Lipinski definition) is 1. The maximum absolute atomic E-state index is 12.5. The van der Waals surface area contributed by atoms with Gasteiger partial charge in [0, 0.05) is 19.6 Å². The van der Waals surface area contributed by atoms with E-state index in [1.807, 2.05) is 32.8 Å². The van der Waals surface area contributed by atoms with Gasteiger partial charge in [0.2, 0.25) is 10.9 Å². The molecule has 0 saturated carbocycles. The standard InChI is InChI=1S/C13H22N2O5S/c1-10(2)9-15(8-7-14(3)4)21(18,19)12-6-5-11(20-12)13(16)17/h5-6,10H,7-9H2,1-4H3,(H,16,17). The van der Waals surface area contributed by atoms with Gasteiger partial charge in [-0.1, -0.05) is 13.8 Å². The molecule has 1 aromatic heterocycles. The molecule has 0 spiro atoms. The van der Waals surface area contributed by atoms with Crippen molar-refractivity contribution in [3.63, 3.8) is 0 Å². The van der Waals surface area contributed by atoms with Crippen LogP contribution < -0.4 is 0 Å². The second kappa shape index (κ2) is 7.06. The molecular formula is C13H22N2O5S. The van der Waals surface area contributed by atoms with E-state index in [0.717, 1.165) is 6.07 Å². The van der Waals surface area contributed by atoms with Crippen molar-refractivity contribution in [1.82, 2.24) is 9.21 Å². The third kappa shape index (κ3) is 4.83. The van der Waals surface area contributed by atoms with Crippen molar-refractivity contribution >= 4 is 16.0 Å². The summed E-state index contributed by atoms with van der Waals surface area (Å²) in [6.07, 6.45) is 0. The van der Waals surface area contributed by atoms with Gasteiger partial charge in [0.05, 0.1) is 0 Å². The minimum atomic E-state index is -3.83. The Balaban J connectivity index is 3.03. The number of rotatable bonds is 8. The molecule has 1 rings (SSSR count). The molecule has 0 atom stereocenters. The molecule has 1 N–H and O–H groups in total. The maximum Gasteiger partial charge on any atom is 0.371 e. The van der Waals surface area contributed by atoms with E-state index in [1.54, 1.807) is 0 Å². The summed E-state index contributed by atoms with van der Waals surface area (Å²) in [5, 5.41) is 8.48. The molecule has 0 amide bonds. The molecule has 0 radical (unpaired) electrons. The van der Waals surface area contributed by atoms with Gasteiger partial charge in [-0.25, -0.2) is 13.2 Å². The van der Waals surface area contributed by atoms with Crippen molar-refractivity contribution in [3.05, 3.63) is 17.9 Å². The van der Waals surface area contributed by atoms with Gasteiger partial charge in [0.1, 0.15) is 0 Å². The second-order valence-corrected chi connectivity index (χ2v) is 7.35. The third-order valence-electron chi connectivity index (χ3n) is 2.75. The van der Waals surface area contributed by atoms with Crippen LogP contribution in [0.15, 0.2) is 21.6 Å². The van der Waals surface area contributed by atoms with Crippen LogP contribution in [0, 0.1) is 5.92 Å². The lowest BCUT2D eigenvalue weighted by molar-refractivity contribution is 0.0656. The van der Waals surface area contributed by atoms with E-state index < -0.39 is 16.0 Å². The van der Waals surface area contributed by atoms with E-state index in [9.17, 15) is 13.2 Å². The minimum absolute atomic E-state index is 0.149. The van der Waals surface area contributed by atoms with Crippen LogP contribution in [0.1, 0.15) is 24.4 Å². The van der Waals surface area contributed by atoms with Gasteiger partial charge >= 0.3 is 5.97 Å². The molecule has 8 heteroatoms. The number of hydrogen-bond acceptors (Lipinski definition) is 5. The topological polar surface area (TPSA) is 91.1 Å². The number of nitrogens with zero attached hydrogens (tertiary/aromatic N) is 2. The zero-order valence-electron chi connectivity index (χ0n) is 12.7. The van der Waals surface area contributed by atoms with E-state index in [0.29, 0.717) is 19.6 Å². The maximum atomic E-state index is 12.5. The van der Waals surface area contributed by atoms with Gasteiger partial charge in [-0.05, 0) is 32.1 Å². The molecule has 0 bridgehead atoms. The molecule has 0 aromatic carbocycles. The van der Waals surface area contributed by atoms with Crippen molar-refractivity contribution in [2.45, 2.75) is 18.9 Å². The molecular weight excluding hydrogens is 296 g/mol. The zero-order valence-corrected chi connectivity index (χ0v) is 13.6. The Morgan fingerprint density at radius 3 is 2.33 bits per heavy atom. The summed E-state index contributed by atoms with van der Waals surface area (Å²) in [6, 6.07) is 2.33. The van der Waals surface area contributed by atoms with Gasteiger partial charge in [0.15, 0.2) is 0 Å². The van der Waals surface area contributed by atoms with Gasteiger partial charge in [-0.15, -0.1) is 0 Å². The van der Waals surface area contributed by atoms with Crippen LogP contribution in [0.3, 0.4) is 0 Å². The Morgan fingerprint density at radius 1 is 1.29 bits per heavy atom. The first kappa shape index (κ1) is 17.7. The molecule has 0 unspecified atom stereocenters. The molecule has 0 aliphatic rings. The van der Waals surface area contributed by atoms with Gasteiger partial charge < -0.3 is 14.4 Å². The highest BCUT2D eigenvalue weighted by Gasteiger charge is 2.29. The van der Waals surface area contributed by atoms with E-state index in [-0.39, 0.29) is 16.8 Å². The lowest BCUT2D eigenvalue weighted by atomic mass is 10.2. The van der Waals surface area contributed by atoms with Crippen LogP contribution in [-0.4, -0.2) is 62.4 Å². The van der Waals surface area contributed by atoms with Crippen LogP contribution in [0.4, 0.5) is 0 Å². The molecule has 1 heterocycles. The van der Waals surface area contributed by atoms with E-state index in [2.05, 4.69) is 0 Å². The van der Waals surface area contributed by atoms with E-state index >= 15 is 0 Å². The van der Waals surface area contributed by atoms with Crippen molar-refractivity contribution in [2.24, 2.45) is 5.92 Å². The number of likely N-dealkylation sites (N-methyl/N-ethyl adjacent to an activating group) is 1. The Kier molecular flexibility index (Phi) is 5.94. The Bertz CT molecular complexity index is 577. The normalized spacial score (nSPS) is 12.5. The Labute approximate surface area is 125 Å². The molecule has 0 aliphatic heterocycles.